The fraction of sp³-hybridized carbons (Fsp3) is 0.500. The van der Waals surface area contributed by atoms with E-state index in [1.54, 1.807) is 6.07 Å². The zero-order chi connectivity index (χ0) is 13.7. The van der Waals surface area contributed by atoms with Crippen molar-refractivity contribution in [2.45, 2.75) is 31.8 Å². The molecule has 0 spiro atoms. The van der Waals surface area contributed by atoms with Crippen molar-refractivity contribution < 1.29 is 14.6 Å². The Kier molecular flexibility index (Phi) is 5.05. The number of hydrogen-bond donors (Lipinski definition) is 2. The van der Waals surface area contributed by atoms with Gasteiger partial charge in [-0.05, 0) is 43.9 Å². The Morgan fingerprint density at radius 3 is 3.05 bits per heavy atom. The van der Waals surface area contributed by atoms with Crippen molar-refractivity contribution in [1.82, 2.24) is 5.32 Å². The van der Waals surface area contributed by atoms with Gasteiger partial charge in [0.2, 0.25) is 0 Å². The van der Waals surface area contributed by atoms with E-state index in [2.05, 4.69) is 5.32 Å². The minimum absolute atomic E-state index is 0.0594. The van der Waals surface area contributed by atoms with Crippen LogP contribution in [-0.2, 0) is 4.74 Å². The third kappa shape index (κ3) is 4.11. The predicted octanol–water partition coefficient (Wildman–Crippen LogP) is 2.73. The van der Waals surface area contributed by atoms with E-state index in [4.69, 9.17) is 16.3 Å². The molecule has 2 N–H and O–H groups in total. The SMILES string of the molecule is O=C(NCCC1CCCCO1)c1cc(Cl)ccc1O. The molecule has 1 saturated heterocycles. The van der Waals surface area contributed by atoms with Crippen molar-refractivity contribution >= 4 is 17.5 Å². The second kappa shape index (κ2) is 6.78. The molecule has 1 aliphatic rings. The van der Waals surface area contributed by atoms with Gasteiger partial charge in [-0.1, -0.05) is 11.6 Å². The van der Waals surface area contributed by atoms with Gasteiger partial charge in [0.1, 0.15) is 5.75 Å². The van der Waals surface area contributed by atoms with Crippen molar-refractivity contribution in [1.29, 1.82) is 0 Å². The lowest BCUT2D eigenvalue weighted by atomic mass is 10.1. The van der Waals surface area contributed by atoms with E-state index in [1.807, 2.05) is 0 Å². The molecular formula is C14H18ClNO3. The monoisotopic (exact) mass is 283 g/mol. The summed E-state index contributed by atoms with van der Waals surface area (Å²) in [7, 11) is 0. The highest BCUT2D eigenvalue weighted by Gasteiger charge is 2.15. The molecule has 1 atom stereocenters. The number of amides is 1. The molecule has 0 saturated carbocycles. The van der Waals surface area contributed by atoms with Crippen molar-refractivity contribution in [2.24, 2.45) is 0 Å². The summed E-state index contributed by atoms with van der Waals surface area (Å²) in [6.45, 7) is 1.35. The molecular weight excluding hydrogens is 266 g/mol. The summed E-state index contributed by atoms with van der Waals surface area (Å²) in [6, 6.07) is 4.42. The molecule has 0 radical (unpaired) electrons. The number of benzene rings is 1. The number of aromatic hydroxyl groups is 1. The molecule has 0 bridgehead atoms. The molecule has 104 valence electrons. The van der Waals surface area contributed by atoms with E-state index < -0.39 is 0 Å². The van der Waals surface area contributed by atoms with Gasteiger partial charge in [0.15, 0.2) is 0 Å². The van der Waals surface area contributed by atoms with Gasteiger partial charge < -0.3 is 15.2 Å². The summed E-state index contributed by atoms with van der Waals surface area (Å²) in [5, 5.41) is 12.8. The van der Waals surface area contributed by atoms with Gasteiger partial charge in [0.25, 0.3) is 5.91 Å². The molecule has 1 aromatic carbocycles. The van der Waals surface area contributed by atoms with Crippen molar-refractivity contribution in [2.75, 3.05) is 13.2 Å². The molecule has 1 heterocycles. The first-order valence-electron chi connectivity index (χ1n) is 6.55. The molecule has 2 rings (SSSR count). The summed E-state index contributed by atoms with van der Waals surface area (Å²) in [6.07, 6.45) is 4.40. The van der Waals surface area contributed by atoms with Crippen molar-refractivity contribution in [3.05, 3.63) is 28.8 Å². The zero-order valence-corrected chi connectivity index (χ0v) is 11.4. The smallest absolute Gasteiger partial charge is 0.255 e. The Balaban J connectivity index is 1.82. The Labute approximate surface area is 117 Å². The fourth-order valence-corrected chi connectivity index (χ4v) is 2.34. The summed E-state index contributed by atoms with van der Waals surface area (Å²) in [4.78, 5) is 11.9. The number of carbonyl (C=O) groups excluding carboxylic acids is 1. The van der Waals surface area contributed by atoms with Crippen LogP contribution in [0.2, 0.25) is 5.02 Å². The normalized spacial score (nSPS) is 19.1. The second-order valence-corrected chi connectivity index (χ2v) is 5.13. The van der Waals surface area contributed by atoms with Gasteiger partial charge in [-0.15, -0.1) is 0 Å². The van der Waals surface area contributed by atoms with E-state index >= 15 is 0 Å². The second-order valence-electron chi connectivity index (χ2n) is 4.69. The minimum Gasteiger partial charge on any atom is -0.507 e. The van der Waals surface area contributed by atoms with Gasteiger partial charge in [0, 0.05) is 18.2 Å². The number of ether oxygens (including phenoxy) is 1. The van der Waals surface area contributed by atoms with Crippen LogP contribution in [0.15, 0.2) is 18.2 Å². The van der Waals surface area contributed by atoms with Crippen LogP contribution in [0.5, 0.6) is 5.75 Å². The number of halogens is 1. The summed E-state index contributed by atoms with van der Waals surface area (Å²) < 4.78 is 5.59. The third-order valence-electron chi connectivity index (χ3n) is 3.23. The largest absolute Gasteiger partial charge is 0.507 e. The molecule has 5 heteroatoms. The highest BCUT2D eigenvalue weighted by Crippen LogP contribution is 2.21. The summed E-state index contributed by atoms with van der Waals surface area (Å²) >= 11 is 5.81. The van der Waals surface area contributed by atoms with Gasteiger partial charge in [-0.2, -0.15) is 0 Å². The fourth-order valence-electron chi connectivity index (χ4n) is 2.17. The van der Waals surface area contributed by atoms with E-state index in [0.717, 1.165) is 25.9 Å². The quantitative estimate of drug-likeness (QED) is 0.893. The van der Waals surface area contributed by atoms with Crippen LogP contribution in [0.3, 0.4) is 0 Å². The van der Waals surface area contributed by atoms with E-state index in [0.29, 0.717) is 11.6 Å². The number of phenols is 1. The average molecular weight is 284 g/mol. The number of rotatable bonds is 4. The van der Waals surface area contributed by atoms with E-state index in [9.17, 15) is 9.90 Å². The van der Waals surface area contributed by atoms with Crippen LogP contribution in [-0.4, -0.2) is 30.3 Å². The first-order valence-corrected chi connectivity index (χ1v) is 6.93. The maximum absolute atomic E-state index is 11.9. The lowest BCUT2D eigenvalue weighted by Crippen LogP contribution is -2.29. The Morgan fingerprint density at radius 2 is 2.32 bits per heavy atom. The summed E-state index contributed by atoms with van der Waals surface area (Å²) in [5.41, 5.74) is 0.206. The first kappa shape index (κ1) is 14.2. The molecule has 4 nitrogen and oxygen atoms in total. The number of nitrogens with one attached hydrogen (secondary N) is 1. The Hall–Kier alpha value is -1.26. The van der Waals surface area contributed by atoms with Crippen LogP contribution in [0.25, 0.3) is 0 Å². The Bertz CT molecular complexity index is 444. The van der Waals surface area contributed by atoms with Crippen LogP contribution in [0, 0.1) is 0 Å². The lowest BCUT2D eigenvalue weighted by Gasteiger charge is -2.22. The first-order chi connectivity index (χ1) is 9.16. The highest BCUT2D eigenvalue weighted by atomic mass is 35.5. The maximum atomic E-state index is 11.9. The van der Waals surface area contributed by atoms with Crippen molar-refractivity contribution in [3.63, 3.8) is 0 Å². The molecule has 0 aromatic heterocycles. The maximum Gasteiger partial charge on any atom is 0.255 e. The Morgan fingerprint density at radius 1 is 1.47 bits per heavy atom. The third-order valence-corrected chi connectivity index (χ3v) is 3.46. The molecule has 1 amide bonds. The number of hydrogen-bond acceptors (Lipinski definition) is 3. The van der Waals surface area contributed by atoms with Crippen molar-refractivity contribution in [3.8, 4) is 5.75 Å². The highest BCUT2D eigenvalue weighted by molar-refractivity contribution is 6.31. The zero-order valence-electron chi connectivity index (χ0n) is 10.7. The lowest BCUT2D eigenvalue weighted by molar-refractivity contribution is 0.0117. The molecule has 19 heavy (non-hydrogen) atoms. The number of carbonyl (C=O) groups is 1. The standard InChI is InChI=1S/C14H18ClNO3/c15-10-4-5-13(17)12(9-10)14(18)16-7-6-11-3-1-2-8-19-11/h4-5,9,11,17H,1-3,6-8H2,(H,16,18). The topological polar surface area (TPSA) is 58.6 Å². The molecule has 0 aliphatic carbocycles. The van der Waals surface area contributed by atoms with Crippen LogP contribution >= 0.6 is 11.6 Å². The molecule has 1 aromatic rings. The summed E-state index contributed by atoms with van der Waals surface area (Å²) in [5.74, 6) is -0.369. The molecule has 1 aliphatic heterocycles. The molecule has 1 unspecified atom stereocenters. The van der Waals surface area contributed by atoms with Crippen LogP contribution in [0.4, 0.5) is 0 Å². The average Bonchev–Trinajstić information content (AvgIpc) is 2.42. The van der Waals surface area contributed by atoms with Gasteiger partial charge >= 0.3 is 0 Å². The predicted molar refractivity (Wildman–Crippen MR) is 73.7 cm³/mol. The van der Waals surface area contributed by atoms with Crippen LogP contribution < -0.4 is 5.32 Å². The number of phenolic OH excluding ortho intramolecular Hbond substituents is 1. The minimum atomic E-state index is -0.309. The van der Waals surface area contributed by atoms with Crippen LogP contribution in [0.1, 0.15) is 36.0 Å². The van der Waals surface area contributed by atoms with E-state index in [1.165, 1.54) is 18.6 Å². The molecule has 1 fully saturated rings. The van der Waals surface area contributed by atoms with Gasteiger partial charge in [-0.25, -0.2) is 0 Å². The van der Waals surface area contributed by atoms with Gasteiger partial charge in [-0.3, -0.25) is 4.79 Å². The van der Waals surface area contributed by atoms with E-state index in [-0.39, 0.29) is 23.3 Å². The van der Waals surface area contributed by atoms with Gasteiger partial charge in [0.05, 0.1) is 11.7 Å².